The number of anilines is 1. The highest BCUT2D eigenvalue weighted by Gasteiger charge is 2.52. The van der Waals surface area contributed by atoms with E-state index in [-0.39, 0.29) is 12.6 Å². The number of amides is 1. The van der Waals surface area contributed by atoms with Crippen molar-refractivity contribution >= 4 is 36.4 Å². The van der Waals surface area contributed by atoms with Crippen LogP contribution in [0.3, 0.4) is 0 Å². The number of rotatable bonds is 4. The molecular formula is C21H30BN3O5. The molecule has 1 aromatic carbocycles. The van der Waals surface area contributed by atoms with Crippen molar-refractivity contribution in [1.29, 1.82) is 0 Å². The quantitative estimate of drug-likeness (QED) is 0.728. The van der Waals surface area contributed by atoms with Crippen molar-refractivity contribution in [3.05, 3.63) is 29.2 Å². The number of nitrogens with one attached hydrogen (secondary N) is 1. The lowest BCUT2D eigenvalue weighted by Gasteiger charge is -2.32. The van der Waals surface area contributed by atoms with E-state index in [1.165, 1.54) is 0 Å². The lowest BCUT2D eigenvalue weighted by atomic mass is 9.77. The Kier molecular flexibility index (Phi) is 5.64. The van der Waals surface area contributed by atoms with Gasteiger partial charge in [0.1, 0.15) is 11.1 Å². The topological polar surface area (TPSA) is 109 Å². The van der Waals surface area contributed by atoms with Gasteiger partial charge in [0.05, 0.1) is 11.2 Å². The summed E-state index contributed by atoms with van der Waals surface area (Å²) in [7, 11) is -0.622. The Hall–Kier alpha value is -2.52. The minimum atomic E-state index is -0.622. The van der Waals surface area contributed by atoms with Gasteiger partial charge in [-0.2, -0.15) is 4.98 Å². The molecule has 3 rings (SSSR count). The van der Waals surface area contributed by atoms with Crippen molar-refractivity contribution in [1.82, 2.24) is 10.3 Å². The molecular weight excluding hydrogens is 385 g/mol. The Morgan fingerprint density at radius 2 is 1.87 bits per heavy atom. The van der Waals surface area contributed by atoms with Gasteiger partial charge in [-0.15, -0.1) is 0 Å². The van der Waals surface area contributed by atoms with E-state index in [4.69, 9.17) is 24.2 Å². The Labute approximate surface area is 177 Å². The molecule has 162 valence electrons. The van der Waals surface area contributed by atoms with E-state index in [1.807, 2.05) is 66.7 Å². The summed E-state index contributed by atoms with van der Waals surface area (Å²) in [6.45, 7) is 13.6. The van der Waals surface area contributed by atoms with Crippen LogP contribution >= 0.6 is 0 Å². The summed E-state index contributed by atoms with van der Waals surface area (Å²) in [5.41, 5.74) is 6.89. The zero-order valence-corrected chi connectivity index (χ0v) is 18.7. The van der Waals surface area contributed by atoms with Gasteiger partial charge in [-0.05, 0) is 71.6 Å². The zero-order valence-electron chi connectivity index (χ0n) is 18.7. The Morgan fingerprint density at radius 3 is 2.47 bits per heavy atom. The number of alkyl carbamates (subject to hydrolysis) is 1. The highest BCUT2D eigenvalue weighted by Crippen LogP contribution is 2.38. The van der Waals surface area contributed by atoms with Crippen molar-refractivity contribution in [3.63, 3.8) is 0 Å². The first kappa shape index (κ1) is 22.2. The average Bonchev–Trinajstić information content (AvgIpc) is 3.04. The molecule has 0 atom stereocenters. The molecule has 2 heterocycles. The van der Waals surface area contributed by atoms with Crippen LogP contribution < -0.4 is 11.1 Å². The molecule has 1 aliphatic rings. The molecule has 0 spiro atoms. The van der Waals surface area contributed by atoms with E-state index in [2.05, 4.69) is 10.3 Å². The van der Waals surface area contributed by atoms with Crippen LogP contribution in [0.5, 0.6) is 0 Å². The van der Waals surface area contributed by atoms with Crippen LogP contribution in [-0.4, -0.2) is 41.5 Å². The van der Waals surface area contributed by atoms with E-state index >= 15 is 0 Å². The summed E-state index contributed by atoms with van der Waals surface area (Å²) in [6, 6.07) is 5.65. The zero-order chi connectivity index (χ0) is 22.3. The molecule has 2 aromatic rings. The Bertz CT molecular complexity index is 959. The number of carbonyl (C=O) groups excluding carboxylic acids is 1. The Balaban J connectivity index is 1.88. The van der Waals surface area contributed by atoms with Gasteiger partial charge in [-0.25, -0.2) is 4.79 Å². The fourth-order valence-corrected chi connectivity index (χ4v) is 2.95. The van der Waals surface area contributed by atoms with Gasteiger partial charge in [0.2, 0.25) is 0 Å². The first-order chi connectivity index (χ1) is 13.8. The maximum absolute atomic E-state index is 12.2. The summed E-state index contributed by atoms with van der Waals surface area (Å²) in [5.74, 6) is 0. The maximum atomic E-state index is 12.2. The SMILES string of the molecule is CC(C)(C)OC(=O)NCC(=Cc1ccc2oc(N)nc2c1)B1OC(C)(C)C(C)(C)O1. The number of carbonyl (C=O) groups is 1. The van der Waals surface area contributed by atoms with Gasteiger partial charge < -0.3 is 29.5 Å². The third-order valence-electron chi connectivity index (χ3n) is 5.17. The standard InChI is InChI=1S/C21H30BN3O5/c1-19(2,3)28-18(26)24-12-14(22-29-20(4,5)21(6,7)30-22)10-13-8-9-16-15(11-13)25-17(23)27-16/h8-11H,12H2,1-7H3,(H2,23,25)(H,24,26). The van der Waals surface area contributed by atoms with Crippen LogP contribution in [0.15, 0.2) is 28.1 Å². The van der Waals surface area contributed by atoms with Crippen molar-refractivity contribution in [2.24, 2.45) is 0 Å². The van der Waals surface area contributed by atoms with Gasteiger partial charge in [0, 0.05) is 6.54 Å². The minimum absolute atomic E-state index is 0.115. The number of nitrogens with zero attached hydrogens (tertiary/aromatic N) is 1. The molecule has 1 fully saturated rings. The molecule has 9 heteroatoms. The third kappa shape index (κ3) is 4.96. The van der Waals surface area contributed by atoms with Gasteiger partial charge >= 0.3 is 13.2 Å². The third-order valence-corrected chi connectivity index (χ3v) is 5.17. The molecule has 0 unspecified atom stereocenters. The van der Waals surface area contributed by atoms with E-state index in [0.717, 1.165) is 11.0 Å². The second kappa shape index (κ2) is 7.63. The van der Waals surface area contributed by atoms with Crippen LogP contribution in [0, 0.1) is 0 Å². The number of nitrogens with two attached hydrogens (primary N) is 1. The predicted octanol–water partition coefficient (Wildman–Crippen LogP) is 3.95. The lowest BCUT2D eigenvalue weighted by molar-refractivity contribution is 0.00578. The summed E-state index contributed by atoms with van der Waals surface area (Å²) < 4.78 is 23.1. The molecule has 0 aliphatic carbocycles. The molecule has 30 heavy (non-hydrogen) atoms. The molecule has 1 aromatic heterocycles. The van der Waals surface area contributed by atoms with Crippen LogP contribution in [0.2, 0.25) is 0 Å². The summed E-state index contributed by atoms with van der Waals surface area (Å²) >= 11 is 0. The highest BCUT2D eigenvalue weighted by molar-refractivity contribution is 6.56. The number of ether oxygens (including phenoxy) is 1. The number of hydrogen-bond donors (Lipinski definition) is 2. The fourth-order valence-electron chi connectivity index (χ4n) is 2.95. The van der Waals surface area contributed by atoms with E-state index in [0.29, 0.717) is 11.1 Å². The number of hydrogen-bond acceptors (Lipinski definition) is 7. The second-order valence-electron chi connectivity index (χ2n) is 9.44. The molecule has 0 saturated carbocycles. The summed E-state index contributed by atoms with van der Waals surface area (Å²) in [4.78, 5) is 16.4. The first-order valence-electron chi connectivity index (χ1n) is 9.95. The number of fused-ring (bicyclic) bond motifs is 1. The van der Waals surface area contributed by atoms with Crippen LogP contribution in [0.4, 0.5) is 10.8 Å². The number of aromatic nitrogens is 1. The van der Waals surface area contributed by atoms with Gasteiger partial charge in [-0.1, -0.05) is 12.1 Å². The lowest BCUT2D eigenvalue weighted by Crippen LogP contribution is -2.41. The van der Waals surface area contributed by atoms with E-state index < -0.39 is 30.0 Å². The largest absolute Gasteiger partial charge is 0.492 e. The molecule has 1 saturated heterocycles. The normalized spacial score (nSPS) is 18.6. The molecule has 0 radical (unpaired) electrons. The summed E-state index contributed by atoms with van der Waals surface area (Å²) in [6.07, 6.45) is 1.40. The van der Waals surface area contributed by atoms with Gasteiger partial charge in [0.15, 0.2) is 5.58 Å². The molecule has 0 bridgehead atoms. The predicted molar refractivity (Wildman–Crippen MR) is 117 cm³/mol. The van der Waals surface area contributed by atoms with Gasteiger partial charge in [-0.3, -0.25) is 0 Å². The van der Waals surface area contributed by atoms with Crippen LogP contribution in [0.25, 0.3) is 17.2 Å². The fraction of sp³-hybridized carbons (Fsp3) is 0.524. The van der Waals surface area contributed by atoms with E-state index in [9.17, 15) is 4.79 Å². The van der Waals surface area contributed by atoms with Crippen molar-refractivity contribution < 1.29 is 23.3 Å². The highest BCUT2D eigenvalue weighted by atomic mass is 16.7. The molecule has 1 aliphatic heterocycles. The number of benzene rings is 1. The number of nitrogen functional groups attached to an aromatic ring is 1. The van der Waals surface area contributed by atoms with Crippen molar-refractivity contribution in [3.8, 4) is 0 Å². The van der Waals surface area contributed by atoms with Gasteiger partial charge in [0.25, 0.3) is 6.01 Å². The smallest absolute Gasteiger partial charge is 0.444 e. The molecule has 1 amide bonds. The summed E-state index contributed by atoms with van der Waals surface area (Å²) in [5, 5.41) is 2.79. The van der Waals surface area contributed by atoms with E-state index in [1.54, 1.807) is 6.07 Å². The maximum Gasteiger partial charge on any atom is 0.492 e. The van der Waals surface area contributed by atoms with Crippen LogP contribution in [0.1, 0.15) is 54.0 Å². The second-order valence-corrected chi connectivity index (χ2v) is 9.44. The minimum Gasteiger partial charge on any atom is -0.444 e. The monoisotopic (exact) mass is 415 g/mol. The Morgan fingerprint density at radius 1 is 1.23 bits per heavy atom. The molecule has 3 N–H and O–H groups in total. The van der Waals surface area contributed by atoms with Crippen molar-refractivity contribution in [2.75, 3.05) is 12.3 Å². The average molecular weight is 415 g/mol. The first-order valence-corrected chi connectivity index (χ1v) is 9.95. The molecule has 8 nitrogen and oxygen atoms in total. The van der Waals surface area contributed by atoms with Crippen LogP contribution in [-0.2, 0) is 14.0 Å². The van der Waals surface area contributed by atoms with Crippen molar-refractivity contribution in [2.45, 2.75) is 65.3 Å². The number of oxazole rings is 1.